The summed E-state index contributed by atoms with van der Waals surface area (Å²) in [6.07, 6.45) is 0. The SMILES string of the molecule is CC[Si](C#Cc1c2cc3cc(F)sc3cc2c(C#CS(CC)(CC)CC)c2cc3cc(F)sc3cc12)(CC)CC. The third-order valence-electron chi connectivity index (χ3n) is 8.86. The number of hydrogen-bond acceptors (Lipinski definition) is 2. The largest absolute Gasteiger partial charge is 0.195 e. The highest BCUT2D eigenvalue weighted by Gasteiger charge is 2.25. The van der Waals surface area contributed by atoms with Gasteiger partial charge in [0.15, 0.2) is 10.3 Å². The van der Waals surface area contributed by atoms with Gasteiger partial charge in [0.25, 0.3) is 0 Å². The lowest BCUT2D eigenvalue weighted by Crippen LogP contribution is -2.29. The van der Waals surface area contributed by atoms with Crippen molar-refractivity contribution in [2.45, 2.75) is 59.7 Å². The predicted octanol–water partition coefficient (Wildman–Crippen LogP) is 11.3. The van der Waals surface area contributed by atoms with Crippen molar-refractivity contribution in [2.24, 2.45) is 0 Å². The van der Waals surface area contributed by atoms with Gasteiger partial charge in [-0.15, -0.1) is 28.2 Å². The van der Waals surface area contributed by atoms with Gasteiger partial charge in [-0.3, -0.25) is 0 Å². The summed E-state index contributed by atoms with van der Waals surface area (Å²) >= 11 is 2.34. The first-order valence-electron chi connectivity index (χ1n) is 14.3. The second-order valence-electron chi connectivity index (χ2n) is 10.5. The molecule has 0 aliphatic carbocycles. The minimum atomic E-state index is -1.74. The van der Waals surface area contributed by atoms with Gasteiger partial charge >= 0.3 is 0 Å². The first-order chi connectivity index (χ1) is 19.2. The van der Waals surface area contributed by atoms with E-state index < -0.39 is 18.1 Å². The summed E-state index contributed by atoms with van der Waals surface area (Å²) in [5, 5.41) is 9.22. The molecule has 208 valence electrons. The van der Waals surface area contributed by atoms with Crippen LogP contribution in [-0.2, 0) is 0 Å². The summed E-state index contributed by atoms with van der Waals surface area (Å²) in [6, 6.07) is 15.0. The van der Waals surface area contributed by atoms with E-state index in [1.807, 2.05) is 0 Å². The fourth-order valence-electron chi connectivity index (χ4n) is 5.69. The maximum Gasteiger partial charge on any atom is 0.177 e. The highest BCUT2D eigenvalue weighted by molar-refractivity contribution is 8.37. The van der Waals surface area contributed by atoms with E-state index in [0.29, 0.717) is 0 Å². The van der Waals surface area contributed by atoms with Crippen LogP contribution in [0.1, 0.15) is 52.7 Å². The summed E-state index contributed by atoms with van der Waals surface area (Å²) in [6.45, 7) is 13.5. The van der Waals surface area contributed by atoms with Gasteiger partial charge in [-0.1, -0.05) is 53.4 Å². The molecule has 2 heterocycles. The molecule has 5 rings (SSSR count). The Kier molecular flexibility index (Phi) is 8.38. The molecule has 0 nitrogen and oxygen atoms in total. The van der Waals surface area contributed by atoms with Crippen molar-refractivity contribution >= 4 is 82.5 Å². The molecule has 0 amide bonds. The molecule has 0 N–H and O–H groups in total. The van der Waals surface area contributed by atoms with Crippen LogP contribution in [0.25, 0.3) is 41.7 Å². The van der Waals surface area contributed by atoms with E-state index in [1.165, 1.54) is 22.7 Å². The van der Waals surface area contributed by atoms with Crippen LogP contribution in [0.15, 0.2) is 36.4 Å². The van der Waals surface area contributed by atoms with Crippen molar-refractivity contribution in [3.05, 3.63) is 57.8 Å². The van der Waals surface area contributed by atoms with Crippen molar-refractivity contribution in [2.75, 3.05) is 17.3 Å². The molecule has 6 heteroatoms. The Labute approximate surface area is 247 Å². The summed E-state index contributed by atoms with van der Waals surface area (Å²) in [5.41, 5.74) is 5.73. The third kappa shape index (κ3) is 5.09. The quantitative estimate of drug-likeness (QED) is 0.102. The second kappa shape index (κ2) is 11.5. The molecule has 0 bridgehead atoms. The summed E-state index contributed by atoms with van der Waals surface area (Å²) in [7, 11) is -2.81. The van der Waals surface area contributed by atoms with Crippen molar-refractivity contribution in [3.8, 4) is 22.6 Å². The van der Waals surface area contributed by atoms with Gasteiger partial charge in [0, 0.05) is 31.3 Å². The van der Waals surface area contributed by atoms with Crippen molar-refractivity contribution < 1.29 is 8.78 Å². The molecule has 0 atom stereocenters. The molecule has 0 aliphatic heterocycles. The summed E-state index contributed by atoms with van der Waals surface area (Å²) in [4.78, 5) is 0. The normalized spacial score (nSPS) is 12.6. The van der Waals surface area contributed by atoms with Crippen LogP contribution < -0.4 is 0 Å². The van der Waals surface area contributed by atoms with Crippen molar-refractivity contribution in [1.82, 2.24) is 0 Å². The number of rotatable bonds is 6. The molecular formula is C34H36F2S3Si. The van der Waals surface area contributed by atoms with E-state index in [2.05, 4.69) is 88.4 Å². The first kappa shape index (κ1) is 29.1. The van der Waals surface area contributed by atoms with Crippen LogP contribution in [0.5, 0.6) is 0 Å². The van der Waals surface area contributed by atoms with Crippen LogP contribution in [0, 0.1) is 32.9 Å². The van der Waals surface area contributed by atoms with Gasteiger partial charge in [0.05, 0.1) is 0 Å². The number of fused-ring (bicyclic) bond motifs is 4. The lowest BCUT2D eigenvalue weighted by Gasteiger charge is -2.30. The zero-order valence-corrected chi connectivity index (χ0v) is 27.6. The minimum absolute atomic E-state index is 0.188. The second-order valence-corrected chi connectivity index (χ2v) is 21.5. The standard InChI is InChI=1S/C34H36F2S3Si/c1-7-39(8-2,9-3)15-13-25-27-17-23-19-33(35)38-32(23)22-30(27)26(14-16-40(10-4,11-5)12-6)28-18-24-20-34(36)37-31(24)21-29(25)28/h17-22H,7-12H2,1-6H3. The fourth-order valence-corrected chi connectivity index (χ4v) is 11.7. The van der Waals surface area contributed by atoms with E-state index in [1.54, 1.807) is 12.1 Å². The molecule has 0 saturated carbocycles. The molecule has 5 aromatic rings. The molecule has 0 aliphatic rings. The van der Waals surface area contributed by atoms with E-state index in [9.17, 15) is 8.78 Å². The van der Waals surface area contributed by atoms with E-state index in [0.717, 1.165) is 88.2 Å². The Balaban J connectivity index is 1.99. The molecule has 3 aromatic carbocycles. The van der Waals surface area contributed by atoms with Crippen LogP contribution in [0.2, 0.25) is 18.1 Å². The van der Waals surface area contributed by atoms with E-state index in [-0.39, 0.29) is 10.3 Å². The average Bonchev–Trinajstić information content (AvgIpc) is 3.52. The predicted molar refractivity (Wildman–Crippen MR) is 182 cm³/mol. The number of halogens is 2. The van der Waals surface area contributed by atoms with Gasteiger partial charge in [0.2, 0.25) is 0 Å². The topological polar surface area (TPSA) is 0 Å². The molecule has 0 radical (unpaired) electrons. The average molecular weight is 607 g/mol. The van der Waals surface area contributed by atoms with E-state index in [4.69, 9.17) is 0 Å². The zero-order chi connectivity index (χ0) is 28.7. The summed E-state index contributed by atoms with van der Waals surface area (Å²) in [5.74, 6) is 10.5. The van der Waals surface area contributed by atoms with Gasteiger partial charge in [0.1, 0.15) is 8.07 Å². The zero-order valence-electron chi connectivity index (χ0n) is 24.2. The van der Waals surface area contributed by atoms with Gasteiger partial charge in [-0.05, 0) is 98.6 Å². The van der Waals surface area contributed by atoms with Crippen LogP contribution in [0.4, 0.5) is 8.78 Å². The van der Waals surface area contributed by atoms with Gasteiger partial charge in [-0.2, -0.15) is 18.8 Å². The van der Waals surface area contributed by atoms with Crippen molar-refractivity contribution in [1.29, 1.82) is 0 Å². The number of thiophene rings is 2. The lowest BCUT2D eigenvalue weighted by atomic mass is 9.91. The first-order valence-corrected chi connectivity index (χ1v) is 20.7. The highest BCUT2D eigenvalue weighted by Crippen LogP contribution is 2.46. The Hall–Kier alpha value is -2.35. The Morgan fingerprint density at radius 1 is 0.625 bits per heavy atom. The number of benzene rings is 3. The maximum absolute atomic E-state index is 14.5. The van der Waals surface area contributed by atoms with Crippen molar-refractivity contribution in [3.63, 3.8) is 0 Å². The van der Waals surface area contributed by atoms with Crippen LogP contribution >= 0.6 is 32.7 Å². The number of hydrogen-bond donors (Lipinski definition) is 0. The Bertz CT molecular complexity index is 1620. The molecule has 0 fully saturated rings. The Morgan fingerprint density at radius 3 is 1.48 bits per heavy atom. The van der Waals surface area contributed by atoms with Gasteiger partial charge < -0.3 is 0 Å². The minimum Gasteiger partial charge on any atom is -0.195 e. The molecular weight excluding hydrogens is 571 g/mol. The van der Waals surface area contributed by atoms with Crippen LogP contribution in [-0.4, -0.2) is 25.3 Å². The Morgan fingerprint density at radius 2 is 1.05 bits per heavy atom. The maximum atomic E-state index is 14.5. The smallest absolute Gasteiger partial charge is 0.177 e. The molecule has 0 spiro atoms. The highest BCUT2D eigenvalue weighted by atomic mass is 32.3. The molecule has 0 unspecified atom stereocenters. The van der Waals surface area contributed by atoms with Crippen LogP contribution in [0.3, 0.4) is 0 Å². The van der Waals surface area contributed by atoms with E-state index >= 15 is 0 Å². The third-order valence-corrected chi connectivity index (χ3v) is 19.2. The summed E-state index contributed by atoms with van der Waals surface area (Å²) < 4.78 is 30.7. The van der Waals surface area contributed by atoms with Gasteiger partial charge in [-0.25, -0.2) is 0 Å². The lowest BCUT2D eigenvalue weighted by molar-refractivity contribution is 0.658. The molecule has 0 saturated heterocycles. The fraction of sp³-hybridized carbons (Fsp3) is 0.353. The monoisotopic (exact) mass is 606 g/mol. The molecule has 40 heavy (non-hydrogen) atoms. The molecule has 2 aromatic heterocycles.